The van der Waals surface area contributed by atoms with E-state index in [1.54, 1.807) is 75.4 Å². The fourth-order valence-corrected chi connectivity index (χ4v) is 5.24. The van der Waals surface area contributed by atoms with Crippen LogP contribution < -0.4 is 5.32 Å². The summed E-state index contributed by atoms with van der Waals surface area (Å²) in [5.41, 5.74) is 3.87. The van der Waals surface area contributed by atoms with Gasteiger partial charge in [-0.1, -0.05) is 48.5 Å². The number of halogens is 1. The van der Waals surface area contributed by atoms with E-state index in [-0.39, 0.29) is 30.8 Å². The van der Waals surface area contributed by atoms with E-state index in [4.69, 9.17) is 4.74 Å². The second-order valence-electron chi connectivity index (χ2n) is 10.7. The van der Waals surface area contributed by atoms with E-state index in [0.717, 1.165) is 5.56 Å². The first kappa shape index (κ1) is 30.2. The van der Waals surface area contributed by atoms with Gasteiger partial charge in [0.1, 0.15) is 24.8 Å². The molecule has 232 valence electrons. The molecule has 3 aromatic carbocycles. The zero-order chi connectivity index (χ0) is 31.9. The van der Waals surface area contributed by atoms with Crippen LogP contribution in [0.1, 0.15) is 15.9 Å². The van der Waals surface area contributed by atoms with Gasteiger partial charge in [-0.2, -0.15) is 0 Å². The van der Waals surface area contributed by atoms with Crippen molar-refractivity contribution in [3.05, 3.63) is 127 Å². The van der Waals surface area contributed by atoms with Gasteiger partial charge >= 0.3 is 6.09 Å². The number of carbonyl (C=O) groups excluding carboxylic acids is 3. The molecule has 5 aromatic rings. The number of aromatic nitrogens is 3. The molecule has 1 aliphatic heterocycles. The van der Waals surface area contributed by atoms with Gasteiger partial charge in [0.05, 0.1) is 17.7 Å². The van der Waals surface area contributed by atoms with Crippen LogP contribution in [0.2, 0.25) is 0 Å². The zero-order valence-corrected chi connectivity index (χ0v) is 24.9. The Morgan fingerprint density at radius 2 is 1.46 bits per heavy atom. The van der Waals surface area contributed by atoms with E-state index in [9.17, 15) is 18.8 Å². The molecule has 1 N–H and O–H groups in total. The van der Waals surface area contributed by atoms with Crippen LogP contribution >= 0.6 is 0 Å². The number of ether oxygens (including phenoxy) is 1. The summed E-state index contributed by atoms with van der Waals surface area (Å²) in [6.07, 6.45) is 2.73. The second-order valence-corrected chi connectivity index (χ2v) is 10.7. The van der Waals surface area contributed by atoms with Gasteiger partial charge in [-0.3, -0.25) is 9.59 Å². The molecule has 0 atom stereocenters. The molecule has 6 rings (SSSR count). The molecule has 0 radical (unpaired) electrons. The summed E-state index contributed by atoms with van der Waals surface area (Å²) < 4.78 is 21.0. The Bertz CT molecular complexity index is 1820. The molecule has 2 aromatic heterocycles. The monoisotopic (exact) mass is 618 g/mol. The third kappa shape index (κ3) is 7.10. The largest absolute Gasteiger partial charge is 0.445 e. The van der Waals surface area contributed by atoms with Gasteiger partial charge in [0.2, 0.25) is 5.91 Å². The number of hydrogen-bond acceptors (Lipinski definition) is 6. The number of nitrogens with one attached hydrogen (secondary N) is 1. The van der Waals surface area contributed by atoms with Crippen molar-refractivity contribution in [2.45, 2.75) is 13.2 Å². The van der Waals surface area contributed by atoms with E-state index in [1.165, 1.54) is 12.1 Å². The lowest BCUT2D eigenvalue weighted by Gasteiger charge is -2.34. The average Bonchev–Trinajstić information content (AvgIpc) is 3.51. The summed E-state index contributed by atoms with van der Waals surface area (Å²) in [5.74, 6) is -0.507. The lowest BCUT2D eigenvalue weighted by Crippen LogP contribution is -2.51. The van der Waals surface area contributed by atoms with E-state index < -0.39 is 6.09 Å². The van der Waals surface area contributed by atoms with Gasteiger partial charge in [0.15, 0.2) is 0 Å². The Hall–Kier alpha value is -5.84. The molecule has 3 amide bonds. The fraction of sp³-hybridized carbons (Fsp3) is 0.171. The minimum absolute atomic E-state index is 0.0178. The zero-order valence-electron chi connectivity index (χ0n) is 24.9. The number of benzene rings is 3. The summed E-state index contributed by atoms with van der Waals surface area (Å²) in [4.78, 5) is 51.2. The number of hydrogen-bond donors (Lipinski definition) is 1. The van der Waals surface area contributed by atoms with Crippen molar-refractivity contribution in [3.63, 3.8) is 0 Å². The smallest absolute Gasteiger partial charge is 0.410 e. The molecule has 46 heavy (non-hydrogen) atoms. The number of anilines is 1. The number of piperazine rings is 1. The van der Waals surface area contributed by atoms with Crippen molar-refractivity contribution in [3.8, 4) is 22.5 Å². The second kappa shape index (κ2) is 13.9. The van der Waals surface area contributed by atoms with Crippen LogP contribution in [0.4, 0.5) is 15.0 Å². The number of nitrogens with zero attached hydrogens (tertiary/aromatic N) is 5. The van der Waals surface area contributed by atoms with E-state index >= 15 is 0 Å². The topological polar surface area (TPSA) is 110 Å². The van der Waals surface area contributed by atoms with Crippen LogP contribution in [0, 0.1) is 5.82 Å². The maximum atomic E-state index is 13.8. The fourth-order valence-electron chi connectivity index (χ4n) is 5.24. The summed E-state index contributed by atoms with van der Waals surface area (Å²) in [6.45, 7) is 1.59. The van der Waals surface area contributed by atoms with Crippen molar-refractivity contribution in [1.82, 2.24) is 24.3 Å². The predicted octanol–water partition coefficient (Wildman–Crippen LogP) is 5.48. The Morgan fingerprint density at radius 3 is 2.17 bits per heavy atom. The predicted molar refractivity (Wildman–Crippen MR) is 170 cm³/mol. The summed E-state index contributed by atoms with van der Waals surface area (Å²) >= 11 is 0. The van der Waals surface area contributed by atoms with Gasteiger partial charge in [-0.15, -0.1) is 0 Å². The first-order valence-corrected chi connectivity index (χ1v) is 14.8. The molecule has 11 heteroatoms. The van der Waals surface area contributed by atoms with E-state index in [0.29, 0.717) is 60.1 Å². The number of pyridine rings is 1. The molecule has 0 saturated carbocycles. The lowest BCUT2D eigenvalue weighted by molar-refractivity contribution is -0.133. The molecule has 1 aliphatic rings. The molecule has 0 bridgehead atoms. The van der Waals surface area contributed by atoms with Crippen LogP contribution in [0.5, 0.6) is 0 Å². The highest BCUT2D eigenvalue weighted by molar-refractivity contribution is 6.04. The van der Waals surface area contributed by atoms with Gasteiger partial charge < -0.3 is 24.4 Å². The standard InChI is InChI=1S/C35H31FN6O4/c36-29-13-11-26(12-14-29)32-33(28-15-16-37-30(21-28)39-34(44)27-9-5-2-6-10-27)42(24-38-32)22-31(43)40-17-19-41(20-18-40)35(45)46-23-25-7-3-1-4-8-25/h1-16,21,24H,17-20,22-23H2,(H,37,39,44). The van der Waals surface area contributed by atoms with E-state index in [2.05, 4.69) is 15.3 Å². The summed E-state index contributed by atoms with van der Waals surface area (Å²) in [7, 11) is 0. The molecule has 0 aliphatic carbocycles. The molecule has 0 spiro atoms. The highest BCUT2D eigenvalue weighted by atomic mass is 19.1. The molecule has 0 unspecified atom stereocenters. The minimum Gasteiger partial charge on any atom is -0.445 e. The third-order valence-corrected chi connectivity index (χ3v) is 7.67. The number of amides is 3. The van der Waals surface area contributed by atoms with Crippen molar-refractivity contribution < 1.29 is 23.5 Å². The number of imidazole rings is 1. The maximum Gasteiger partial charge on any atom is 0.410 e. The normalized spacial score (nSPS) is 12.9. The highest BCUT2D eigenvalue weighted by Gasteiger charge is 2.26. The quantitative estimate of drug-likeness (QED) is 0.247. The van der Waals surface area contributed by atoms with E-state index in [1.807, 2.05) is 36.4 Å². The molecule has 1 fully saturated rings. The van der Waals surface area contributed by atoms with Crippen LogP contribution in [0.3, 0.4) is 0 Å². The van der Waals surface area contributed by atoms with Gasteiger partial charge in [-0.25, -0.2) is 19.2 Å². The van der Waals surface area contributed by atoms with Crippen molar-refractivity contribution >= 4 is 23.7 Å². The number of carbonyl (C=O) groups is 3. The Labute approximate surface area is 265 Å². The van der Waals surface area contributed by atoms with Crippen LogP contribution in [-0.4, -0.2) is 68.4 Å². The Balaban J connectivity index is 1.18. The summed E-state index contributed by atoms with van der Waals surface area (Å²) in [5, 5.41) is 2.82. The van der Waals surface area contributed by atoms with Crippen molar-refractivity contribution in [2.24, 2.45) is 0 Å². The first-order valence-electron chi connectivity index (χ1n) is 14.8. The third-order valence-electron chi connectivity index (χ3n) is 7.67. The maximum absolute atomic E-state index is 13.8. The van der Waals surface area contributed by atoms with Crippen LogP contribution in [0.25, 0.3) is 22.5 Å². The van der Waals surface area contributed by atoms with Crippen molar-refractivity contribution in [2.75, 3.05) is 31.5 Å². The average molecular weight is 619 g/mol. The molecule has 3 heterocycles. The van der Waals surface area contributed by atoms with Gasteiger partial charge in [0.25, 0.3) is 5.91 Å². The lowest BCUT2D eigenvalue weighted by atomic mass is 10.1. The minimum atomic E-state index is -0.412. The SMILES string of the molecule is O=C(Nc1cc(-c2c(-c3ccc(F)cc3)ncn2CC(=O)N2CCN(C(=O)OCc3ccccc3)CC2)ccn1)c1ccccc1. The van der Waals surface area contributed by atoms with Crippen LogP contribution in [0.15, 0.2) is 110 Å². The molecular formula is C35H31FN6O4. The van der Waals surface area contributed by atoms with Crippen molar-refractivity contribution in [1.29, 1.82) is 0 Å². The van der Waals surface area contributed by atoms with Gasteiger partial charge in [-0.05, 0) is 54.1 Å². The highest BCUT2D eigenvalue weighted by Crippen LogP contribution is 2.32. The first-order chi connectivity index (χ1) is 22.4. The molecule has 10 nitrogen and oxygen atoms in total. The summed E-state index contributed by atoms with van der Waals surface area (Å²) in [6, 6.07) is 27.7. The molecular weight excluding hydrogens is 587 g/mol. The van der Waals surface area contributed by atoms with Crippen LogP contribution in [-0.2, 0) is 22.7 Å². The van der Waals surface area contributed by atoms with Gasteiger partial charge in [0, 0.05) is 49.1 Å². The molecule has 1 saturated heterocycles. The number of rotatable bonds is 8. The Morgan fingerprint density at radius 1 is 0.783 bits per heavy atom. The Kier molecular flexibility index (Phi) is 9.09.